The zero-order valence-corrected chi connectivity index (χ0v) is 12.6. The first-order valence-electron chi connectivity index (χ1n) is 6.61. The minimum absolute atomic E-state index is 0.205. The lowest BCUT2D eigenvalue weighted by atomic mass is 10.2. The average Bonchev–Trinajstić information content (AvgIpc) is 3.13. The lowest BCUT2D eigenvalue weighted by Crippen LogP contribution is -2.16. The summed E-state index contributed by atoms with van der Waals surface area (Å²) in [6.07, 6.45) is 2.52. The maximum absolute atomic E-state index is 11.4. The maximum Gasteiger partial charge on any atom is 0.343 e. The molecule has 0 unspecified atom stereocenters. The summed E-state index contributed by atoms with van der Waals surface area (Å²) in [5, 5.41) is 16.1. The summed E-state index contributed by atoms with van der Waals surface area (Å²) in [5.41, 5.74) is 1.99. The highest BCUT2D eigenvalue weighted by Gasteiger charge is 2.23. The molecule has 2 aromatic heterocycles. The Morgan fingerprint density at radius 2 is 2.20 bits per heavy atom. The first-order valence-corrected chi connectivity index (χ1v) is 7.43. The number of aromatic amines is 1. The summed E-state index contributed by atoms with van der Waals surface area (Å²) in [6, 6.07) is 0.655. The van der Waals surface area contributed by atoms with E-state index in [1.165, 1.54) is 34.7 Å². The van der Waals surface area contributed by atoms with Gasteiger partial charge in [0.1, 0.15) is 5.03 Å². The van der Waals surface area contributed by atoms with Crippen LogP contribution in [0.2, 0.25) is 0 Å². The molecule has 7 nitrogen and oxygen atoms in total. The van der Waals surface area contributed by atoms with Crippen LogP contribution in [0.3, 0.4) is 0 Å². The molecule has 0 aromatic carbocycles. The van der Waals surface area contributed by atoms with Crippen molar-refractivity contribution < 1.29 is 0 Å². The van der Waals surface area contributed by atoms with Crippen LogP contribution < -0.4 is 11.0 Å². The van der Waals surface area contributed by atoms with E-state index in [0.717, 1.165) is 17.3 Å². The molecule has 1 aliphatic carbocycles. The Labute approximate surface area is 120 Å². The SMILES string of the molecule is Cc1nn(C)c(Sc2n[nH]c(=O)n2C)c1CNC1CC1. The molecular weight excluding hydrogens is 276 g/mol. The Morgan fingerprint density at radius 1 is 1.45 bits per heavy atom. The van der Waals surface area contributed by atoms with Gasteiger partial charge in [0.25, 0.3) is 0 Å². The van der Waals surface area contributed by atoms with E-state index >= 15 is 0 Å². The Kier molecular flexibility index (Phi) is 3.43. The Balaban J connectivity index is 1.87. The summed E-state index contributed by atoms with van der Waals surface area (Å²) in [7, 11) is 3.63. The lowest BCUT2D eigenvalue weighted by molar-refractivity contribution is 0.656. The largest absolute Gasteiger partial charge is 0.343 e. The van der Waals surface area contributed by atoms with Crippen LogP contribution in [0.25, 0.3) is 0 Å². The van der Waals surface area contributed by atoms with E-state index in [-0.39, 0.29) is 5.69 Å². The Bertz CT molecular complexity index is 681. The first kappa shape index (κ1) is 13.4. The van der Waals surface area contributed by atoms with E-state index < -0.39 is 0 Å². The third-order valence-electron chi connectivity index (χ3n) is 3.46. The van der Waals surface area contributed by atoms with Crippen LogP contribution in [0.5, 0.6) is 0 Å². The van der Waals surface area contributed by atoms with Gasteiger partial charge in [-0.05, 0) is 31.5 Å². The second-order valence-corrected chi connectivity index (χ2v) is 6.08. The molecule has 0 radical (unpaired) electrons. The van der Waals surface area contributed by atoms with Crippen LogP contribution in [-0.2, 0) is 20.6 Å². The molecule has 0 saturated heterocycles. The van der Waals surface area contributed by atoms with E-state index in [1.807, 2.05) is 18.7 Å². The van der Waals surface area contributed by atoms with Crippen molar-refractivity contribution in [2.75, 3.05) is 0 Å². The minimum Gasteiger partial charge on any atom is -0.310 e. The molecule has 20 heavy (non-hydrogen) atoms. The predicted octanol–water partition coefficient (Wildman–Crippen LogP) is 0.554. The zero-order valence-electron chi connectivity index (χ0n) is 11.8. The van der Waals surface area contributed by atoms with Crippen molar-refractivity contribution in [2.45, 2.75) is 42.5 Å². The van der Waals surface area contributed by atoms with Crippen LogP contribution in [0, 0.1) is 6.92 Å². The fourth-order valence-electron chi connectivity index (χ4n) is 2.06. The maximum atomic E-state index is 11.4. The highest BCUT2D eigenvalue weighted by atomic mass is 32.2. The monoisotopic (exact) mass is 294 g/mol. The molecule has 1 fully saturated rings. The van der Waals surface area contributed by atoms with Crippen molar-refractivity contribution in [1.29, 1.82) is 0 Å². The first-order chi connectivity index (χ1) is 9.56. The van der Waals surface area contributed by atoms with Gasteiger partial charge < -0.3 is 5.32 Å². The standard InChI is InChI=1S/C12H18N6OS/c1-7-9(6-13-8-4-5-8)10(18(3)16-7)20-12-15-14-11(19)17(12)2/h8,13H,4-6H2,1-3H3,(H,14,19). The number of hydrogen-bond donors (Lipinski definition) is 2. The molecular formula is C12H18N6OS. The lowest BCUT2D eigenvalue weighted by Gasteiger charge is -2.06. The highest BCUT2D eigenvalue weighted by Crippen LogP contribution is 2.30. The molecule has 2 N–H and O–H groups in total. The summed E-state index contributed by atoms with van der Waals surface area (Å²) in [4.78, 5) is 11.4. The number of aryl methyl sites for hydroxylation is 2. The average molecular weight is 294 g/mol. The summed E-state index contributed by atoms with van der Waals surface area (Å²) >= 11 is 1.46. The van der Waals surface area contributed by atoms with Crippen molar-refractivity contribution in [3.8, 4) is 0 Å². The fraction of sp³-hybridized carbons (Fsp3) is 0.583. The number of nitrogens with one attached hydrogen (secondary N) is 2. The number of H-pyrrole nitrogens is 1. The fourth-order valence-corrected chi connectivity index (χ4v) is 3.06. The van der Waals surface area contributed by atoms with Crippen LogP contribution in [0.1, 0.15) is 24.1 Å². The molecule has 3 rings (SSSR count). The van der Waals surface area contributed by atoms with Crippen molar-refractivity contribution in [3.05, 3.63) is 21.7 Å². The molecule has 1 saturated carbocycles. The molecule has 2 aromatic rings. The van der Waals surface area contributed by atoms with Crippen LogP contribution >= 0.6 is 11.8 Å². The van der Waals surface area contributed by atoms with Crippen LogP contribution in [0.15, 0.2) is 15.0 Å². The third-order valence-corrected chi connectivity index (χ3v) is 4.71. The van der Waals surface area contributed by atoms with Crippen molar-refractivity contribution in [3.63, 3.8) is 0 Å². The van der Waals surface area contributed by atoms with Gasteiger partial charge in [-0.25, -0.2) is 9.89 Å². The van der Waals surface area contributed by atoms with Gasteiger partial charge in [0.05, 0.1) is 5.69 Å². The molecule has 0 aliphatic heterocycles. The van der Waals surface area contributed by atoms with Gasteiger partial charge in [-0.2, -0.15) is 5.10 Å². The molecule has 0 bridgehead atoms. The molecule has 2 heterocycles. The summed E-state index contributed by atoms with van der Waals surface area (Å²) in [6.45, 7) is 2.82. The third kappa shape index (κ3) is 2.53. The van der Waals surface area contributed by atoms with Gasteiger partial charge in [0, 0.05) is 32.2 Å². The van der Waals surface area contributed by atoms with Gasteiger partial charge in [-0.1, -0.05) is 0 Å². The molecule has 0 amide bonds. The highest BCUT2D eigenvalue weighted by molar-refractivity contribution is 7.99. The number of hydrogen-bond acceptors (Lipinski definition) is 5. The topological polar surface area (TPSA) is 80.5 Å². The Hall–Kier alpha value is -1.54. The number of aromatic nitrogens is 5. The van der Waals surface area contributed by atoms with Crippen LogP contribution in [0.4, 0.5) is 0 Å². The minimum atomic E-state index is -0.205. The van der Waals surface area contributed by atoms with E-state index in [2.05, 4.69) is 20.6 Å². The van der Waals surface area contributed by atoms with Gasteiger partial charge in [-0.15, -0.1) is 5.10 Å². The van der Waals surface area contributed by atoms with Crippen molar-refractivity contribution >= 4 is 11.8 Å². The molecule has 8 heteroatoms. The van der Waals surface area contributed by atoms with Gasteiger partial charge in [-0.3, -0.25) is 9.25 Å². The predicted molar refractivity (Wildman–Crippen MR) is 75.8 cm³/mol. The number of nitrogens with zero attached hydrogens (tertiary/aromatic N) is 4. The molecule has 1 aliphatic rings. The van der Waals surface area contributed by atoms with Crippen LogP contribution in [-0.4, -0.2) is 30.6 Å². The second-order valence-electron chi connectivity index (χ2n) is 5.12. The van der Waals surface area contributed by atoms with E-state index in [4.69, 9.17) is 0 Å². The smallest absolute Gasteiger partial charge is 0.310 e. The van der Waals surface area contributed by atoms with E-state index in [1.54, 1.807) is 7.05 Å². The van der Waals surface area contributed by atoms with Gasteiger partial charge in [0.15, 0.2) is 5.16 Å². The zero-order chi connectivity index (χ0) is 14.3. The summed E-state index contributed by atoms with van der Waals surface area (Å²) in [5.74, 6) is 0. The second kappa shape index (κ2) is 5.10. The van der Waals surface area contributed by atoms with Crippen molar-refractivity contribution in [2.24, 2.45) is 14.1 Å². The van der Waals surface area contributed by atoms with Gasteiger partial charge >= 0.3 is 5.69 Å². The number of rotatable bonds is 5. The van der Waals surface area contributed by atoms with Crippen molar-refractivity contribution in [1.82, 2.24) is 29.9 Å². The molecule has 0 atom stereocenters. The quantitative estimate of drug-likeness (QED) is 0.842. The molecule has 108 valence electrons. The van der Waals surface area contributed by atoms with E-state index in [9.17, 15) is 4.79 Å². The summed E-state index contributed by atoms with van der Waals surface area (Å²) < 4.78 is 3.36. The molecule has 0 spiro atoms. The Morgan fingerprint density at radius 3 is 2.80 bits per heavy atom. The normalized spacial score (nSPS) is 14.9. The van der Waals surface area contributed by atoms with E-state index in [0.29, 0.717) is 11.2 Å². The van der Waals surface area contributed by atoms with Gasteiger partial charge in [0.2, 0.25) is 0 Å².